The van der Waals surface area contributed by atoms with Gasteiger partial charge in [0.1, 0.15) is 0 Å². The molecular weight excluding hydrogens is 426 g/mol. The Hall–Kier alpha value is -4.13. The van der Waals surface area contributed by atoms with E-state index in [1.54, 1.807) is 0 Å². The lowest BCUT2D eigenvalue weighted by Gasteiger charge is -2.28. The first kappa shape index (κ1) is 23.0. The maximum atomic E-state index is 13.7. The van der Waals surface area contributed by atoms with Crippen LogP contribution in [0.3, 0.4) is 0 Å². The summed E-state index contributed by atoms with van der Waals surface area (Å²) >= 11 is 0. The molecule has 1 heterocycles. The highest BCUT2D eigenvalue weighted by Crippen LogP contribution is 2.35. The van der Waals surface area contributed by atoms with E-state index in [1.165, 1.54) is 4.90 Å². The minimum Gasteiger partial charge on any atom is -0.338 e. The number of benzene rings is 3. The smallest absolute Gasteiger partial charge is 0.315 e. The molecule has 0 unspecified atom stereocenters. The van der Waals surface area contributed by atoms with Crippen LogP contribution in [0.1, 0.15) is 29.5 Å². The molecule has 0 aromatic heterocycles. The largest absolute Gasteiger partial charge is 0.338 e. The number of hydrogen-bond donors (Lipinski definition) is 4. The molecule has 0 radical (unpaired) electrons. The second-order valence-electron chi connectivity index (χ2n) is 8.21. The molecule has 3 amide bonds. The highest BCUT2D eigenvalue weighted by molar-refractivity contribution is 6.10. The highest BCUT2D eigenvalue weighted by atomic mass is 16.2. The molecule has 0 saturated carbocycles. The molecule has 0 bridgehead atoms. The summed E-state index contributed by atoms with van der Waals surface area (Å²) < 4.78 is 0. The van der Waals surface area contributed by atoms with Crippen molar-refractivity contribution < 1.29 is 9.59 Å². The molecule has 1 aliphatic heterocycles. The first-order valence-electron chi connectivity index (χ1n) is 11.5. The zero-order valence-corrected chi connectivity index (χ0v) is 19.0. The van der Waals surface area contributed by atoms with Crippen LogP contribution in [0.4, 0.5) is 4.79 Å². The van der Waals surface area contributed by atoms with Gasteiger partial charge in [0.15, 0.2) is 11.5 Å². The third-order valence-electron chi connectivity index (χ3n) is 5.95. The van der Waals surface area contributed by atoms with Crippen molar-refractivity contribution in [2.45, 2.75) is 24.9 Å². The van der Waals surface area contributed by atoms with Gasteiger partial charge < -0.3 is 16.0 Å². The maximum Gasteiger partial charge on any atom is 0.315 e. The standard InChI is InChI=1S/C27H29N5O2/c28-25-31-27(22-14-6-2-7-15-22,23-16-8-3-9-17-23)24(33)32(25)19-11-10-18-29-26(34)30-20-21-12-4-1-5-13-21/h1-9,12-17H,10-11,18-20H2,(H2,28,31)(H2,29,30,34). The molecule has 4 rings (SSSR count). The Morgan fingerprint density at radius 2 is 1.38 bits per heavy atom. The molecule has 1 aliphatic rings. The molecule has 0 spiro atoms. The molecule has 34 heavy (non-hydrogen) atoms. The second-order valence-corrected chi connectivity index (χ2v) is 8.21. The summed E-state index contributed by atoms with van der Waals surface area (Å²) in [6.45, 7) is 1.37. The summed E-state index contributed by atoms with van der Waals surface area (Å²) in [5.74, 6) is -0.0743. The van der Waals surface area contributed by atoms with Gasteiger partial charge in [-0.15, -0.1) is 0 Å². The molecular formula is C27H29N5O2. The molecule has 174 valence electrons. The lowest BCUT2D eigenvalue weighted by atomic mass is 9.82. The van der Waals surface area contributed by atoms with E-state index in [9.17, 15) is 9.59 Å². The minimum atomic E-state index is -1.12. The number of rotatable bonds is 9. The number of carbonyl (C=O) groups is 2. The van der Waals surface area contributed by atoms with Crippen LogP contribution in [0.5, 0.6) is 0 Å². The van der Waals surface area contributed by atoms with Gasteiger partial charge in [0.05, 0.1) is 0 Å². The second kappa shape index (κ2) is 10.7. The van der Waals surface area contributed by atoms with Gasteiger partial charge in [-0.3, -0.25) is 15.1 Å². The first-order valence-corrected chi connectivity index (χ1v) is 11.5. The SMILES string of the molecule is N=C1NC(c2ccccc2)(c2ccccc2)C(=O)N1CCCCNC(=O)NCc1ccccc1. The van der Waals surface area contributed by atoms with Crippen LogP contribution in [0.15, 0.2) is 91.0 Å². The molecule has 4 N–H and O–H groups in total. The Labute approximate surface area is 199 Å². The topological polar surface area (TPSA) is 97.3 Å². The summed E-state index contributed by atoms with van der Waals surface area (Å²) in [7, 11) is 0. The fraction of sp³-hybridized carbons (Fsp3) is 0.222. The van der Waals surface area contributed by atoms with Crippen LogP contribution in [0.25, 0.3) is 0 Å². The zero-order chi connectivity index (χ0) is 23.8. The number of hydrogen-bond acceptors (Lipinski definition) is 3. The summed E-state index contributed by atoms with van der Waals surface area (Å²) in [4.78, 5) is 27.2. The Kier molecular flexibility index (Phi) is 7.22. The molecule has 3 aromatic rings. The Balaban J connectivity index is 1.32. The van der Waals surface area contributed by atoms with E-state index in [-0.39, 0.29) is 17.9 Å². The average Bonchev–Trinajstić information content (AvgIpc) is 3.14. The normalized spacial score (nSPS) is 14.5. The van der Waals surface area contributed by atoms with Crippen molar-refractivity contribution in [3.8, 4) is 0 Å². The van der Waals surface area contributed by atoms with Crippen molar-refractivity contribution in [3.05, 3.63) is 108 Å². The zero-order valence-electron chi connectivity index (χ0n) is 19.0. The number of urea groups is 1. The monoisotopic (exact) mass is 455 g/mol. The van der Waals surface area contributed by atoms with Crippen LogP contribution < -0.4 is 16.0 Å². The summed E-state index contributed by atoms with van der Waals surface area (Å²) in [5.41, 5.74) is 1.52. The molecule has 1 saturated heterocycles. The molecule has 0 aliphatic carbocycles. The van der Waals surface area contributed by atoms with Crippen LogP contribution in [0, 0.1) is 5.41 Å². The predicted octanol–water partition coefficient (Wildman–Crippen LogP) is 3.58. The van der Waals surface area contributed by atoms with Crippen molar-refractivity contribution in [2.24, 2.45) is 0 Å². The van der Waals surface area contributed by atoms with Crippen molar-refractivity contribution in [2.75, 3.05) is 13.1 Å². The molecule has 1 fully saturated rings. The number of amides is 3. The van der Waals surface area contributed by atoms with E-state index in [4.69, 9.17) is 5.41 Å². The fourth-order valence-electron chi connectivity index (χ4n) is 4.19. The lowest BCUT2D eigenvalue weighted by Crippen LogP contribution is -2.45. The van der Waals surface area contributed by atoms with E-state index >= 15 is 0 Å². The quantitative estimate of drug-likeness (QED) is 0.371. The van der Waals surface area contributed by atoms with E-state index < -0.39 is 5.54 Å². The number of carbonyl (C=O) groups excluding carboxylic acids is 2. The average molecular weight is 456 g/mol. The Morgan fingerprint density at radius 1 is 0.824 bits per heavy atom. The van der Waals surface area contributed by atoms with E-state index in [1.807, 2.05) is 91.0 Å². The van der Waals surface area contributed by atoms with Gasteiger partial charge in [-0.2, -0.15) is 0 Å². The van der Waals surface area contributed by atoms with E-state index in [0.29, 0.717) is 32.5 Å². The minimum absolute atomic E-state index is 0.0891. The maximum absolute atomic E-state index is 13.7. The summed E-state index contributed by atoms with van der Waals surface area (Å²) in [5, 5.41) is 17.3. The number of unbranched alkanes of at least 4 members (excludes halogenated alkanes) is 1. The number of guanidine groups is 1. The Morgan fingerprint density at radius 3 is 1.97 bits per heavy atom. The third kappa shape index (κ3) is 4.93. The van der Waals surface area contributed by atoms with Crippen LogP contribution in [-0.4, -0.2) is 35.9 Å². The van der Waals surface area contributed by atoms with Crippen LogP contribution in [-0.2, 0) is 16.9 Å². The molecule has 7 nitrogen and oxygen atoms in total. The molecule has 3 aromatic carbocycles. The van der Waals surface area contributed by atoms with Crippen LogP contribution in [0.2, 0.25) is 0 Å². The lowest BCUT2D eigenvalue weighted by molar-refractivity contribution is -0.130. The van der Waals surface area contributed by atoms with Gasteiger partial charge in [0.2, 0.25) is 0 Å². The highest BCUT2D eigenvalue weighted by Gasteiger charge is 2.51. The van der Waals surface area contributed by atoms with E-state index in [2.05, 4.69) is 16.0 Å². The summed E-state index contributed by atoms with van der Waals surface area (Å²) in [6.07, 6.45) is 1.36. The van der Waals surface area contributed by atoms with Crippen molar-refractivity contribution in [3.63, 3.8) is 0 Å². The molecule has 0 atom stereocenters. The fourth-order valence-corrected chi connectivity index (χ4v) is 4.19. The summed E-state index contributed by atoms with van der Waals surface area (Å²) in [6, 6.07) is 28.6. The number of nitrogens with one attached hydrogen (secondary N) is 4. The third-order valence-corrected chi connectivity index (χ3v) is 5.95. The van der Waals surface area contributed by atoms with Gasteiger partial charge in [-0.05, 0) is 29.5 Å². The van der Waals surface area contributed by atoms with Gasteiger partial charge in [0.25, 0.3) is 5.91 Å². The van der Waals surface area contributed by atoms with Crippen molar-refractivity contribution >= 4 is 17.9 Å². The van der Waals surface area contributed by atoms with Gasteiger partial charge in [-0.25, -0.2) is 4.79 Å². The molecule has 7 heteroatoms. The van der Waals surface area contributed by atoms with E-state index in [0.717, 1.165) is 16.7 Å². The van der Waals surface area contributed by atoms with Gasteiger partial charge in [0, 0.05) is 19.6 Å². The predicted molar refractivity (Wildman–Crippen MR) is 132 cm³/mol. The van der Waals surface area contributed by atoms with Crippen molar-refractivity contribution in [1.29, 1.82) is 5.41 Å². The number of nitrogens with zero attached hydrogens (tertiary/aromatic N) is 1. The van der Waals surface area contributed by atoms with Gasteiger partial charge in [-0.1, -0.05) is 91.0 Å². The Bertz CT molecular complexity index is 1080. The van der Waals surface area contributed by atoms with Gasteiger partial charge >= 0.3 is 6.03 Å². The first-order chi connectivity index (χ1) is 16.6. The van der Waals surface area contributed by atoms with Crippen molar-refractivity contribution in [1.82, 2.24) is 20.9 Å². The van der Waals surface area contributed by atoms with Crippen LogP contribution >= 0.6 is 0 Å².